The first kappa shape index (κ1) is 14.9. The molecule has 0 bridgehead atoms. The van der Waals surface area contributed by atoms with E-state index < -0.39 is 0 Å². The highest BCUT2D eigenvalue weighted by molar-refractivity contribution is 6.29. The highest BCUT2D eigenvalue weighted by Gasteiger charge is 2.27. The van der Waals surface area contributed by atoms with Crippen molar-refractivity contribution < 1.29 is 4.79 Å². The van der Waals surface area contributed by atoms with Crippen molar-refractivity contribution in [2.24, 2.45) is 5.92 Å². The molecule has 2 aromatic rings. The van der Waals surface area contributed by atoms with Gasteiger partial charge in [0.15, 0.2) is 0 Å². The van der Waals surface area contributed by atoms with Crippen molar-refractivity contribution >= 4 is 17.5 Å². The Labute approximate surface area is 133 Å². The lowest BCUT2D eigenvalue weighted by atomic mass is 10.1. The SMILES string of the molecule is O=C(c1ccccc1)N1CC[C@@H](Cn2c(Cl)cccc2=O)C1. The van der Waals surface area contributed by atoms with Crippen molar-refractivity contribution in [3.8, 4) is 0 Å². The topological polar surface area (TPSA) is 42.3 Å². The molecule has 1 saturated heterocycles. The normalized spacial score (nSPS) is 17.7. The summed E-state index contributed by atoms with van der Waals surface area (Å²) in [7, 11) is 0. The van der Waals surface area contributed by atoms with Gasteiger partial charge in [-0.1, -0.05) is 35.9 Å². The van der Waals surface area contributed by atoms with Crippen LogP contribution in [0.5, 0.6) is 0 Å². The van der Waals surface area contributed by atoms with Crippen molar-refractivity contribution in [1.82, 2.24) is 9.47 Å². The standard InChI is InChI=1S/C17H17ClN2O2/c18-15-7-4-8-16(21)20(15)12-13-9-10-19(11-13)17(22)14-5-2-1-3-6-14/h1-8,13H,9-12H2/t13-/m1/s1. The summed E-state index contributed by atoms with van der Waals surface area (Å²) in [5.74, 6) is 0.305. The number of aromatic nitrogens is 1. The molecule has 0 saturated carbocycles. The zero-order chi connectivity index (χ0) is 15.5. The predicted octanol–water partition coefficient (Wildman–Crippen LogP) is 2.66. The molecule has 114 valence electrons. The molecule has 0 unspecified atom stereocenters. The van der Waals surface area contributed by atoms with Crippen molar-refractivity contribution in [2.75, 3.05) is 13.1 Å². The van der Waals surface area contributed by atoms with Gasteiger partial charge in [-0.05, 0) is 30.5 Å². The van der Waals surface area contributed by atoms with Gasteiger partial charge < -0.3 is 4.90 Å². The Hall–Kier alpha value is -2.07. The van der Waals surface area contributed by atoms with Crippen molar-refractivity contribution in [1.29, 1.82) is 0 Å². The summed E-state index contributed by atoms with van der Waals surface area (Å²) in [6.07, 6.45) is 0.885. The lowest BCUT2D eigenvalue weighted by Crippen LogP contribution is -2.30. The van der Waals surface area contributed by atoms with E-state index in [-0.39, 0.29) is 17.4 Å². The van der Waals surface area contributed by atoms with Crippen LogP contribution in [-0.4, -0.2) is 28.5 Å². The number of nitrogens with zero attached hydrogens (tertiary/aromatic N) is 2. The van der Waals surface area contributed by atoms with E-state index in [1.165, 1.54) is 6.07 Å². The molecule has 0 spiro atoms. The molecule has 0 N–H and O–H groups in total. The number of likely N-dealkylation sites (tertiary alicyclic amines) is 1. The maximum atomic E-state index is 12.4. The van der Waals surface area contributed by atoms with E-state index >= 15 is 0 Å². The van der Waals surface area contributed by atoms with Crippen LogP contribution in [0.2, 0.25) is 5.15 Å². The Morgan fingerprint density at radius 2 is 1.91 bits per heavy atom. The third kappa shape index (κ3) is 3.07. The van der Waals surface area contributed by atoms with Crippen LogP contribution in [0, 0.1) is 5.92 Å². The molecule has 1 aliphatic rings. The Morgan fingerprint density at radius 3 is 2.64 bits per heavy atom. The van der Waals surface area contributed by atoms with Gasteiger partial charge in [-0.15, -0.1) is 0 Å². The number of pyridine rings is 1. The van der Waals surface area contributed by atoms with Gasteiger partial charge in [-0.2, -0.15) is 0 Å². The molecule has 1 atom stereocenters. The second-order valence-electron chi connectivity index (χ2n) is 5.57. The lowest BCUT2D eigenvalue weighted by Gasteiger charge is -2.17. The van der Waals surface area contributed by atoms with Gasteiger partial charge in [-0.25, -0.2) is 0 Å². The Bertz CT molecular complexity index is 727. The van der Waals surface area contributed by atoms with Gasteiger partial charge >= 0.3 is 0 Å². The minimum atomic E-state index is -0.0969. The fraction of sp³-hybridized carbons (Fsp3) is 0.294. The second kappa shape index (κ2) is 6.36. The van der Waals surface area contributed by atoms with Crippen LogP contribution >= 0.6 is 11.6 Å². The fourth-order valence-electron chi connectivity index (χ4n) is 2.86. The van der Waals surface area contributed by atoms with E-state index in [4.69, 9.17) is 11.6 Å². The number of amides is 1. The molecule has 5 heteroatoms. The minimum absolute atomic E-state index is 0.0506. The van der Waals surface area contributed by atoms with Crippen LogP contribution in [0.3, 0.4) is 0 Å². The van der Waals surface area contributed by atoms with E-state index in [0.29, 0.717) is 23.8 Å². The van der Waals surface area contributed by atoms with Crippen molar-refractivity contribution in [2.45, 2.75) is 13.0 Å². The molecular formula is C17H17ClN2O2. The average Bonchev–Trinajstić information content (AvgIpc) is 3.00. The van der Waals surface area contributed by atoms with E-state index in [1.807, 2.05) is 35.2 Å². The van der Waals surface area contributed by atoms with Crippen LogP contribution in [0.4, 0.5) is 0 Å². The summed E-state index contributed by atoms with van der Waals surface area (Å²) in [5, 5.41) is 0.445. The lowest BCUT2D eigenvalue weighted by molar-refractivity contribution is 0.0786. The highest BCUT2D eigenvalue weighted by atomic mass is 35.5. The maximum absolute atomic E-state index is 12.4. The van der Waals surface area contributed by atoms with Gasteiger partial charge in [0.2, 0.25) is 0 Å². The number of halogens is 1. The second-order valence-corrected chi connectivity index (χ2v) is 5.96. The summed E-state index contributed by atoms with van der Waals surface area (Å²) < 4.78 is 1.57. The van der Waals surface area contributed by atoms with Crippen molar-refractivity contribution in [3.05, 3.63) is 69.6 Å². The van der Waals surface area contributed by atoms with E-state index in [9.17, 15) is 9.59 Å². The molecule has 1 fully saturated rings. The van der Waals surface area contributed by atoms with Gasteiger partial charge in [0.25, 0.3) is 11.5 Å². The molecule has 1 aromatic carbocycles. The molecule has 0 radical (unpaired) electrons. The maximum Gasteiger partial charge on any atom is 0.253 e. The molecule has 1 aliphatic heterocycles. The van der Waals surface area contributed by atoms with Gasteiger partial charge in [-0.3, -0.25) is 14.2 Å². The number of rotatable bonds is 3. The van der Waals surface area contributed by atoms with E-state index in [1.54, 1.807) is 16.7 Å². The zero-order valence-electron chi connectivity index (χ0n) is 12.1. The smallest absolute Gasteiger partial charge is 0.253 e. The molecule has 0 aliphatic carbocycles. The summed E-state index contributed by atoms with van der Waals surface area (Å²) in [5.41, 5.74) is 0.610. The molecule has 3 rings (SSSR count). The third-order valence-corrected chi connectivity index (χ3v) is 4.36. The quantitative estimate of drug-likeness (QED) is 0.817. The number of carbonyl (C=O) groups excluding carboxylic acids is 1. The Kier molecular flexibility index (Phi) is 4.29. The third-order valence-electron chi connectivity index (χ3n) is 4.03. The molecule has 1 aromatic heterocycles. The Morgan fingerprint density at radius 1 is 1.14 bits per heavy atom. The van der Waals surface area contributed by atoms with E-state index in [2.05, 4.69) is 0 Å². The molecule has 2 heterocycles. The first-order valence-electron chi connectivity index (χ1n) is 7.35. The summed E-state index contributed by atoms with van der Waals surface area (Å²) >= 11 is 6.09. The minimum Gasteiger partial charge on any atom is -0.338 e. The first-order valence-corrected chi connectivity index (χ1v) is 7.72. The van der Waals surface area contributed by atoms with Crippen LogP contribution in [0.1, 0.15) is 16.8 Å². The Balaban J connectivity index is 1.68. The van der Waals surface area contributed by atoms with Crippen molar-refractivity contribution in [3.63, 3.8) is 0 Å². The average molecular weight is 317 g/mol. The first-order chi connectivity index (χ1) is 10.6. The molecule has 1 amide bonds. The van der Waals surface area contributed by atoms with Crippen LogP contribution in [-0.2, 0) is 6.54 Å². The van der Waals surface area contributed by atoms with Crippen LogP contribution in [0.15, 0.2) is 53.3 Å². The number of benzene rings is 1. The molecular weight excluding hydrogens is 300 g/mol. The largest absolute Gasteiger partial charge is 0.338 e. The van der Waals surface area contributed by atoms with Gasteiger partial charge in [0, 0.05) is 31.3 Å². The van der Waals surface area contributed by atoms with Crippen LogP contribution in [0.25, 0.3) is 0 Å². The summed E-state index contributed by atoms with van der Waals surface area (Å²) in [6.45, 7) is 1.93. The summed E-state index contributed by atoms with van der Waals surface area (Å²) in [4.78, 5) is 26.1. The van der Waals surface area contributed by atoms with Crippen LogP contribution < -0.4 is 5.56 Å². The number of hydrogen-bond donors (Lipinski definition) is 0. The predicted molar refractivity (Wildman–Crippen MR) is 86.2 cm³/mol. The monoisotopic (exact) mass is 316 g/mol. The number of hydrogen-bond acceptors (Lipinski definition) is 2. The van der Waals surface area contributed by atoms with Gasteiger partial charge in [0.05, 0.1) is 0 Å². The fourth-order valence-corrected chi connectivity index (χ4v) is 3.08. The zero-order valence-corrected chi connectivity index (χ0v) is 12.9. The number of carbonyl (C=O) groups is 1. The van der Waals surface area contributed by atoms with Gasteiger partial charge in [0.1, 0.15) is 5.15 Å². The highest BCUT2D eigenvalue weighted by Crippen LogP contribution is 2.21. The summed E-state index contributed by atoms with van der Waals surface area (Å²) in [6, 6.07) is 14.2. The molecule has 22 heavy (non-hydrogen) atoms. The van der Waals surface area contributed by atoms with E-state index in [0.717, 1.165) is 13.0 Å². The molecule has 4 nitrogen and oxygen atoms in total.